The molecule has 16 nitrogen and oxygen atoms in total. The van der Waals surface area contributed by atoms with Gasteiger partial charge in [-0.1, -0.05) is 13.8 Å². The van der Waals surface area contributed by atoms with Crippen LogP contribution >= 0.6 is 0 Å². The number of ether oxygens (including phenoxy) is 3. The van der Waals surface area contributed by atoms with Gasteiger partial charge in [0.2, 0.25) is 0 Å². The Hall–Kier alpha value is -6.05. The number of carbonyl (C=O) groups excluding carboxylic acids is 3. The molecule has 67 heavy (non-hydrogen) atoms. The SMILES string of the molecule is CC(C)(C)OC(=O)NCCS(=O)(=O)c1ccc(C(=O)O)cc1.CCOc1ccc(N2C[C@H]3CN(C(=O)c4ccc(S(=O)(=O)CCN)cc4)C[C@@H]2C(C)(C)C3)cc1.COC(=O)c1ccc(F)cc1. The molecule has 3 aliphatic rings. The van der Waals surface area contributed by atoms with E-state index >= 15 is 0 Å². The van der Waals surface area contributed by atoms with E-state index in [0.717, 1.165) is 24.4 Å². The number of fused-ring (bicyclic) bond motifs is 4. The van der Waals surface area contributed by atoms with Gasteiger partial charge in [0.15, 0.2) is 19.7 Å². The van der Waals surface area contributed by atoms with Crippen molar-refractivity contribution in [1.29, 1.82) is 0 Å². The zero-order chi connectivity index (χ0) is 49.7. The number of hydrogen-bond donors (Lipinski definition) is 3. The van der Waals surface area contributed by atoms with Gasteiger partial charge in [0.25, 0.3) is 5.91 Å². The summed E-state index contributed by atoms with van der Waals surface area (Å²) in [7, 11) is -5.74. The number of rotatable bonds is 13. The lowest BCUT2D eigenvalue weighted by molar-refractivity contribution is 0.0529. The molecule has 2 amide bonds. The number of halogens is 1. The van der Waals surface area contributed by atoms with Gasteiger partial charge in [-0.05, 0) is 143 Å². The number of benzene rings is 4. The summed E-state index contributed by atoms with van der Waals surface area (Å²) in [5.74, 6) is -1.19. The lowest BCUT2D eigenvalue weighted by Gasteiger charge is -2.48. The Balaban J connectivity index is 0.000000253. The van der Waals surface area contributed by atoms with Crippen molar-refractivity contribution in [3.05, 3.63) is 120 Å². The number of piperidine rings is 1. The third-order valence-corrected chi connectivity index (χ3v) is 14.3. The molecule has 4 aromatic carbocycles. The highest BCUT2D eigenvalue weighted by atomic mass is 32.2. The number of alkyl carbamates (subject to hydrolysis) is 1. The van der Waals surface area contributed by atoms with Crippen molar-refractivity contribution in [2.45, 2.75) is 69.4 Å². The van der Waals surface area contributed by atoms with Crippen LogP contribution in [0.3, 0.4) is 0 Å². The molecule has 3 aliphatic heterocycles. The highest BCUT2D eigenvalue weighted by Crippen LogP contribution is 2.43. The van der Waals surface area contributed by atoms with Crippen LogP contribution in [0.25, 0.3) is 0 Å². The molecule has 0 unspecified atom stereocenters. The average Bonchev–Trinajstić information content (AvgIpc) is 3.54. The number of carboxylic acid groups (broad SMARTS) is 1. The van der Waals surface area contributed by atoms with Crippen molar-refractivity contribution < 1.29 is 59.7 Å². The number of nitrogens with two attached hydrogens (primary N) is 1. The summed E-state index contributed by atoms with van der Waals surface area (Å²) in [6.45, 7) is 14.5. The molecule has 4 N–H and O–H groups in total. The van der Waals surface area contributed by atoms with Gasteiger partial charge in [-0.15, -0.1) is 0 Å². The molecule has 0 spiro atoms. The predicted octanol–water partition coefficient (Wildman–Crippen LogP) is 6.49. The van der Waals surface area contributed by atoms with Crippen LogP contribution in [0.2, 0.25) is 0 Å². The molecule has 0 aliphatic carbocycles. The molecular weight excluding hydrogens is 908 g/mol. The predicted molar refractivity (Wildman–Crippen MR) is 252 cm³/mol. The number of aromatic carboxylic acids is 1. The average molecular weight is 969 g/mol. The maximum atomic E-state index is 13.5. The van der Waals surface area contributed by atoms with Crippen LogP contribution < -0.4 is 20.7 Å². The fourth-order valence-electron chi connectivity index (χ4n) is 7.68. The molecule has 364 valence electrons. The van der Waals surface area contributed by atoms with E-state index in [-0.39, 0.29) is 63.1 Å². The van der Waals surface area contributed by atoms with E-state index in [0.29, 0.717) is 36.7 Å². The first-order valence-electron chi connectivity index (χ1n) is 21.6. The number of carboxylic acids is 1. The number of carbonyl (C=O) groups is 4. The third-order valence-electron chi connectivity index (χ3n) is 10.8. The van der Waals surface area contributed by atoms with Crippen LogP contribution in [0.15, 0.2) is 107 Å². The van der Waals surface area contributed by atoms with E-state index in [2.05, 4.69) is 40.9 Å². The standard InChI is InChI=1S/C26H35N3O4S.C14H19NO6S.C8H7FO2/c1-4-33-22-9-7-21(8-10-22)29-17-19-15-26(2,3)24(29)18-28(16-19)25(30)20-5-11-23(12-6-20)34(31,32)14-13-27;1-14(2,3)21-13(18)15-8-9-22(19,20)11-6-4-10(5-7-11)12(16)17;1-11-8(10)6-2-4-7(9)5-3-6/h5-12,19,24H,4,13-18,27H2,1-3H3;4-7H,8-9H2,1-3H3,(H,15,18)(H,16,17);2-5H,1H3/t19-,24-;;/m1../s1. The first-order valence-corrected chi connectivity index (χ1v) is 24.9. The Bertz CT molecular complexity index is 2530. The molecule has 2 atom stereocenters. The Morgan fingerprint density at radius 2 is 1.33 bits per heavy atom. The minimum atomic E-state index is -3.61. The van der Waals surface area contributed by atoms with Gasteiger partial charge in [0.1, 0.15) is 17.2 Å². The van der Waals surface area contributed by atoms with Gasteiger partial charge < -0.3 is 40.2 Å². The minimum absolute atomic E-state index is 0.00323. The topological polar surface area (TPSA) is 229 Å². The van der Waals surface area contributed by atoms with Crippen LogP contribution in [-0.4, -0.2) is 120 Å². The third kappa shape index (κ3) is 15.5. The Morgan fingerprint density at radius 3 is 1.84 bits per heavy atom. The second-order valence-corrected chi connectivity index (χ2v) is 21.8. The van der Waals surface area contributed by atoms with E-state index in [1.807, 2.05) is 24.0 Å². The summed E-state index contributed by atoms with van der Waals surface area (Å²) in [5, 5.41) is 11.1. The molecule has 4 aromatic rings. The number of esters is 1. The lowest BCUT2D eigenvalue weighted by atomic mass is 9.73. The number of amides is 2. The van der Waals surface area contributed by atoms with Crippen LogP contribution in [-0.2, 0) is 29.1 Å². The first kappa shape index (κ1) is 53.6. The van der Waals surface area contributed by atoms with Gasteiger partial charge in [-0.3, -0.25) is 4.79 Å². The second kappa shape index (κ2) is 23.1. The summed E-state index contributed by atoms with van der Waals surface area (Å²) >= 11 is 0. The highest BCUT2D eigenvalue weighted by molar-refractivity contribution is 7.91. The number of nitrogens with one attached hydrogen (secondary N) is 1. The summed E-state index contributed by atoms with van der Waals surface area (Å²) in [5.41, 5.74) is 6.84. The number of methoxy groups -OCH3 is 1. The van der Waals surface area contributed by atoms with Crippen LogP contribution in [0.4, 0.5) is 14.9 Å². The number of anilines is 1. The van der Waals surface area contributed by atoms with Crippen molar-refractivity contribution in [1.82, 2.24) is 10.2 Å². The molecule has 0 saturated carbocycles. The maximum absolute atomic E-state index is 13.5. The van der Waals surface area contributed by atoms with Gasteiger partial charge >= 0.3 is 18.0 Å². The highest BCUT2D eigenvalue weighted by Gasteiger charge is 2.47. The van der Waals surface area contributed by atoms with Crippen LogP contribution in [0.5, 0.6) is 5.75 Å². The molecule has 7 rings (SSSR count). The van der Waals surface area contributed by atoms with Crippen molar-refractivity contribution in [3.8, 4) is 5.75 Å². The zero-order valence-corrected chi connectivity index (χ0v) is 40.5. The molecule has 2 bridgehead atoms. The molecule has 0 radical (unpaired) electrons. The monoisotopic (exact) mass is 968 g/mol. The summed E-state index contributed by atoms with van der Waals surface area (Å²) in [6, 6.07) is 24.7. The van der Waals surface area contributed by atoms with Gasteiger partial charge in [0, 0.05) is 44.0 Å². The Labute approximate surface area is 392 Å². The fourth-order valence-corrected chi connectivity index (χ4v) is 9.93. The van der Waals surface area contributed by atoms with E-state index < -0.39 is 43.3 Å². The second-order valence-electron chi connectivity index (χ2n) is 17.6. The van der Waals surface area contributed by atoms with Gasteiger partial charge in [-0.2, -0.15) is 0 Å². The smallest absolute Gasteiger partial charge is 0.407 e. The summed E-state index contributed by atoms with van der Waals surface area (Å²) in [4.78, 5) is 50.9. The fraction of sp³-hybridized carbons (Fsp3) is 0.417. The molecule has 3 fully saturated rings. The molecule has 0 aromatic heterocycles. The summed E-state index contributed by atoms with van der Waals surface area (Å²) in [6.07, 6.45) is 0.370. The molecular formula is C48H61FN4O12S2. The van der Waals surface area contributed by atoms with E-state index in [1.54, 1.807) is 32.9 Å². The van der Waals surface area contributed by atoms with Crippen molar-refractivity contribution in [2.75, 3.05) is 62.8 Å². The van der Waals surface area contributed by atoms with E-state index in [9.17, 15) is 40.4 Å². The van der Waals surface area contributed by atoms with Crippen LogP contribution in [0, 0.1) is 17.2 Å². The summed E-state index contributed by atoms with van der Waals surface area (Å²) < 4.78 is 75.9. The first-order chi connectivity index (χ1) is 31.4. The van der Waals surface area contributed by atoms with Gasteiger partial charge in [-0.25, -0.2) is 35.6 Å². The van der Waals surface area contributed by atoms with E-state index in [1.165, 1.54) is 67.8 Å². The Kier molecular flexibility index (Phi) is 18.5. The lowest BCUT2D eigenvalue weighted by Crippen LogP contribution is -2.54. The van der Waals surface area contributed by atoms with Crippen molar-refractivity contribution in [2.24, 2.45) is 17.1 Å². The number of hydrogen-bond acceptors (Lipinski definition) is 13. The largest absolute Gasteiger partial charge is 0.494 e. The van der Waals surface area contributed by atoms with Crippen molar-refractivity contribution >= 4 is 49.3 Å². The van der Waals surface area contributed by atoms with Crippen LogP contribution in [0.1, 0.15) is 79.0 Å². The van der Waals surface area contributed by atoms with E-state index in [4.69, 9.17) is 20.3 Å². The number of nitrogens with zero attached hydrogens (tertiary/aromatic N) is 2. The number of sulfone groups is 2. The quantitative estimate of drug-likeness (QED) is 0.122. The molecule has 3 heterocycles. The molecule has 19 heteroatoms. The van der Waals surface area contributed by atoms with Crippen molar-refractivity contribution in [3.63, 3.8) is 0 Å². The molecule has 3 saturated heterocycles. The Morgan fingerprint density at radius 1 is 0.791 bits per heavy atom. The zero-order valence-electron chi connectivity index (χ0n) is 38.9. The minimum Gasteiger partial charge on any atom is -0.494 e. The normalized spacial score (nSPS) is 16.5. The van der Waals surface area contributed by atoms with Gasteiger partial charge in [0.05, 0.1) is 52.2 Å². The maximum Gasteiger partial charge on any atom is 0.407 e.